The van der Waals surface area contributed by atoms with Gasteiger partial charge in [0.2, 0.25) is 0 Å². The van der Waals surface area contributed by atoms with E-state index in [1.807, 2.05) is 18.5 Å². The number of aromatic nitrogens is 1. The lowest BCUT2D eigenvalue weighted by molar-refractivity contribution is 0.180. The van der Waals surface area contributed by atoms with Gasteiger partial charge in [-0.1, -0.05) is 6.07 Å². The molecular weight excluding hydrogens is 222 g/mol. The van der Waals surface area contributed by atoms with Gasteiger partial charge in [-0.05, 0) is 50.0 Å². The number of likely N-dealkylation sites (tertiary alicyclic amines) is 1. The average Bonchev–Trinajstić information content (AvgIpc) is 2.31. The normalized spacial score (nSPS) is 18.1. The van der Waals surface area contributed by atoms with Crippen molar-refractivity contribution in [3.63, 3.8) is 0 Å². The molecule has 2 heterocycles. The van der Waals surface area contributed by atoms with Crippen molar-refractivity contribution in [2.75, 3.05) is 19.6 Å². The van der Waals surface area contributed by atoms with E-state index in [0.29, 0.717) is 0 Å². The van der Waals surface area contributed by atoms with E-state index in [-0.39, 0.29) is 12.4 Å². The summed E-state index contributed by atoms with van der Waals surface area (Å²) >= 11 is 0. The average molecular weight is 242 g/mol. The molecule has 0 saturated carbocycles. The van der Waals surface area contributed by atoms with Crippen LogP contribution in [0.3, 0.4) is 0 Å². The zero-order chi connectivity index (χ0) is 10.5. The quantitative estimate of drug-likeness (QED) is 0.876. The predicted octanol–water partition coefficient (Wildman–Crippen LogP) is 1.67. The highest BCUT2D eigenvalue weighted by Gasteiger charge is 2.17. The molecule has 0 bridgehead atoms. The standard InChI is InChI=1S/C12H19N3.ClH/c13-8-11-3-6-15(7-4-11)10-12-2-1-5-14-9-12;/h1-2,5,9,11H,3-4,6-8,10,13H2;1H. The molecule has 0 unspecified atom stereocenters. The van der Waals surface area contributed by atoms with Crippen molar-refractivity contribution in [1.29, 1.82) is 0 Å². The Hall–Kier alpha value is -0.640. The second-order valence-electron chi connectivity index (χ2n) is 4.32. The Morgan fingerprint density at radius 1 is 1.38 bits per heavy atom. The van der Waals surface area contributed by atoms with Crippen LogP contribution in [0.5, 0.6) is 0 Å². The zero-order valence-corrected chi connectivity index (χ0v) is 10.3. The fourth-order valence-electron chi connectivity index (χ4n) is 2.13. The van der Waals surface area contributed by atoms with E-state index in [2.05, 4.69) is 16.0 Å². The number of nitrogens with two attached hydrogens (primary N) is 1. The molecule has 1 aliphatic rings. The van der Waals surface area contributed by atoms with Crippen LogP contribution in [-0.4, -0.2) is 29.5 Å². The molecule has 2 N–H and O–H groups in total. The van der Waals surface area contributed by atoms with Crippen LogP contribution in [-0.2, 0) is 6.54 Å². The third-order valence-electron chi connectivity index (χ3n) is 3.17. The number of rotatable bonds is 3. The van der Waals surface area contributed by atoms with Crippen LogP contribution >= 0.6 is 12.4 Å². The van der Waals surface area contributed by atoms with Gasteiger partial charge in [-0.3, -0.25) is 9.88 Å². The van der Waals surface area contributed by atoms with Crippen molar-refractivity contribution in [3.05, 3.63) is 30.1 Å². The fourth-order valence-corrected chi connectivity index (χ4v) is 2.13. The maximum atomic E-state index is 5.67. The summed E-state index contributed by atoms with van der Waals surface area (Å²) in [5.41, 5.74) is 6.98. The number of piperidine rings is 1. The third kappa shape index (κ3) is 3.74. The van der Waals surface area contributed by atoms with E-state index in [1.54, 1.807) is 0 Å². The van der Waals surface area contributed by atoms with E-state index in [1.165, 1.54) is 31.5 Å². The molecule has 1 aromatic heterocycles. The maximum absolute atomic E-state index is 5.67. The second kappa shape index (κ2) is 6.84. The molecule has 1 aromatic rings. The van der Waals surface area contributed by atoms with Crippen molar-refractivity contribution in [2.45, 2.75) is 19.4 Å². The summed E-state index contributed by atoms with van der Waals surface area (Å²) in [6.07, 6.45) is 6.27. The van der Waals surface area contributed by atoms with E-state index in [0.717, 1.165) is 19.0 Å². The fraction of sp³-hybridized carbons (Fsp3) is 0.583. The Balaban J connectivity index is 0.00000128. The first kappa shape index (κ1) is 13.4. The summed E-state index contributed by atoms with van der Waals surface area (Å²) in [6.45, 7) is 4.24. The van der Waals surface area contributed by atoms with Crippen LogP contribution in [0.4, 0.5) is 0 Å². The van der Waals surface area contributed by atoms with Crippen LogP contribution in [0.1, 0.15) is 18.4 Å². The molecule has 16 heavy (non-hydrogen) atoms. The lowest BCUT2D eigenvalue weighted by atomic mass is 9.97. The first-order valence-corrected chi connectivity index (χ1v) is 5.70. The molecule has 4 heteroatoms. The lowest BCUT2D eigenvalue weighted by Gasteiger charge is -2.31. The van der Waals surface area contributed by atoms with E-state index in [9.17, 15) is 0 Å². The highest BCUT2D eigenvalue weighted by atomic mass is 35.5. The van der Waals surface area contributed by atoms with Crippen LogP contribution < -0.4 is 5.73 Å². The number of nitrogens with zero attached hydrogens (tertiary/aromatic N) is 2. The minimum absolute atomic E-state index is 0. The molecule has 1 aliphatic heterocycles. The number of halogens is 1. The van der Waals surface area contributed by atoms with Gasteiger partial charge in [-0.2, -0.15) is 0 Å². The van der Waals surface area contributed by atoms with Crippen LogP contribution in [0.2, 0.25) is 0 Å². The van der Waals surface area contributed by atoms with Crippen LogP contribution in [0, 0.1) is 5.92 Å². The molecule has 0 aliphatic carbocycles. The maximum Gasteiger partial charge on any atom is 0.0312 e. The second-order valence-corrected chi connectivity index (χ2v) is 4.32. The Labute approximate surface area is 103 Å². The van der Waals surface area contributed by atoms with Crippen molar-refractivity contribution in [3.8, 4) is 0 Å². The minimum atomic E-state index is 0. The van der Waals surface area contributed by atoms with Crippen molar-refractivity contribution in [2.24, 2.45) is 11.7 Å². The van der Waals surface area contributed by atoms with Gasteiger partial charge in [-0.25, -0.2) is 0 Å². The number of hydrogen-bond acceptors (Lipinski definition) is 3. The smallest absolute Gasteiger partial charge is 0.0312 e. The molecular formula is C12H20ClN3. The van der Waals surface area contributed by atoms with Crippen molar-refractivity contribution in [1.82, 2.24) is 9.88 Å². The monoisotopic (exact) mass is 241 g/mol. The summed E-state index contributed by atoms with van der Waals surface area (Å²) in [7, 11) is 0. The summed E-state index contributed by atoms with van der Waals surface area (Å²) in [6, 6.07) is 4.14. The van der Waals surface area contributed by atoms with E-state index in [4.69, 9.17) is 5.73 Å². The molecule has 2 rings (SSSR count). The van der Waals surface area contributed by atoms with Gasteiger partial charge >= 0.3 is 0 Å². The van der Waals surface area contributed by atoms with E-state index >= 15 is 0 Å². The molecule has 1 saturated heterocycles. The Bertz CT molecular complexity index is 284. The molecule has 0 amide bonds. The van der Waals surface area contributed by atoms with Gasteiger partial charge in [0.1, 0.15) is 0 Å². The summed E-state index contributed by atoms with van der Waals surface area (Å²) in [5.74, 6) is 0.746. The Kier molecular flexibility index (Phi) is 5.74. The zero-order valence-electron chi connectivity index (χ0n) is 9.51. The Morgan fingerprint density at radius 2 is 2.12 bits per heavy atom. The number of pyridine rings is 1. The summed E-state index contributed by atoms with van der Waals surface area (Å²) in [4.78, 5) is 6.62. The first-order chi connectivity index (χ1) is 7.38. The van der Waals surface area contributed by atoms with Gasteiger partial charge in [0.05, 0.1) is 0 Å². The molecule has 0 spiro atoms. The van der Waals surface area contributed by atoms with Gasteiger partial charge in [0.25, 0.3) is 0 Å². The van der Waals surface area contributed by atoms with Gasteiger partial charge in [0.15, 0.2) is 0 Å². The molecule has 0 radical (unpaired) electrons. The van der Waals surface area contributed by atoms with Crippen molar-refractivity contribution >= 4 is 12.4 Å². The summed E-state index contributed by atoms with van der Waals surface area (Å²) in [5, 5.41) is 0. The topological polar surface area (TPSA) is 42.1 Å². The molecule has 0 aromatic carbocycles. The van der Waals surface area contributed by atoms with Crippen LogP contribution in [0.15, 0.2) is 24.5 Å². The predicted molar refractivity (Wildman–Crippen MR) is 68.5 cm³/mol. The highest BCUT2D eigenvalue weighted by Crippen LogP contribution is 2.17. The molecule has 0 atom stereocenters. The SMILES string of the molecule is Cl.NCC1CCN(Cc2cccnc2)CC1. The summed E-state index contributed by atoms with van der Waals surface area (Å²) < 4.78 is 0. The van der Waals surface area contributed by atoms with Crippen LogP contribution in [0.25, 0.3) is 0 Å². The van der Waals surface area contributed by atoms with Crippen molar-refractivity contribution < 1.29 is 0 Å². The molecule has 90 valence electrons. The Morgan fingerprint density at radius 3 is 2.69 bits per heavy atom. The lowest BCUT2D eigenvalue weighted by Crippen LogP contribution is -2.35. The first-order valence-electron chi connectivity index (χ1n) is 5.70. The largest absolute Gasteiger partial charge is 0.330 e. The van der Waals surface area contributed by atoms with Gasteiger partial charge < -0.3 is 5.73 Å². The molecule has 1 fully saturated rings. The minimum Gasteiger partial charge on any atom is -0.330 e. The van der Waals surface area contributed by atoms with Gasteiger partial charge in [-0.15, -0.1) is 12.4 Å². The van der Waals surface area contributed by atoms with Gasteiger partial charge in [0, 0.05) is 18.9 Å². The molecule has 3 nitrogen and oxygen atoms in total. The third-order valence-corrected chi connectivity index (χ3v) is 3.17. The highest BCUT2D eigenvalue weighted by molar-refractivity contribution is 5.85. The van der Waals surface area contributed by atoms with E-state index < -0.39 is 0 Å². The number of hydrogen-bond donors (Lipinski definition) is 1.